The molecule has 0 aliphatic rings. The van der Waals surface area contributed by atoms with E-state index in [1.54, 1.807) is 0 Å². The number of nitrogens with one attached hydrogen (secondary N) is 1. The second-order valence-corrected chi connectivity index (χ2v) is 8.23. The van der Waals surface area contributed by atoms with Gasteiger partial charge in [-0.3, -0.25) is 14.7 Å². The van der Waals surface area contributed by atoms with Crippen LogP contribution < -0.4 is 5.32 Å². The highest BCUT2D eigenvalue weighted by molar-refractivity contribution is 7.99. The van der Waals surface area contributed by atoms with Crippen molar-refractivity contribution in [2.75, 3.05) is 11.1 Å². The van der Waals surface area contributed by atoms with Crippen LogP contribution in [0.3, 0.4) is 0 Å². The van der Waals surface area contributed by atoms with Crippen molar-refractivity contribution in [1.82, 2.24) is 25.0 Å². The van der Waals surface area contributed by atoms with E-state index < -0.39 is 0 Å². The Kier molecular flexibility index (Phi) is 6.57. The molecule has 0 radical (unpaired) electrons. The Balaban J connectivity index is 1.66. The summed E-state index contributed by atoms with van der Waals surface area (Å²) in [5.41, 5.74) is 1.01. The minimum absolute atomic E-state index is 0.126. The number of nitrogens with zero attached hydrogens (tertiary/aromatic N) is 5. The van der Waals surface area contributed by atoms with Crippen molar-refractivity contribution in [1.29, 1.82) is 0 Å². The number of aromatic nitrogens is 5. The molecule has 1 N–H and O–H groups in total. The predicted octanol–water partition coefficient (Wildman–Crippen LogP) is 4.06. The van der Waals surface area contributed by atoms with Gasteiger partial charge >= 0.3 is 0 Å². The topological polar surface area (TPSA) is 85.6 Å². The molecule has 1 aromatic carbocycles. The molecule has 7 nitrogen and oxygen atoms in total. The Morgan fingerprint density at radius 2 is 1.96 bits per heavy atom. The Morgan fingerprint density at radius 1 is 1.19 bits per heavy atom. The minimum Gasteiger partial charge on any atom is -0.300 e. The fraction of sp³-hybridized carbons (Fsp3) is 0.389. The lowest BCUT2D eigenvalue weighted by atomic mass is 10.2. The van der Waals surface area contributed by atoms with Crippen molar-refractivity contribution in [3.63, 3.8) is 0 Å². The van der Waals surface area contributed by atoms with Crippen molar-refractivity contribution < 1.29 is 4.79 Å². The van der Waals surface area contributed by atoms with Crippen molar-refractivity contribution in [3.05, 3.63) is 35.3 Å². The molecular formula is C18H22N6OS2. The average Bonchev–Trinajstić information content (AvgIpc) is 3.28. The van der Waals surface area contributed by atoms with E-state index in [9.17, 15) is 4.79 Å². The number of thioether (sulfide) groups is 1. The summed E-state index contributed by atoms with van der Waals surface area (Å²) in [4.78, 5) is 12.3. The standard InChI is InChI=1S/C18H22N6OS2/c1-4-8-15-20-22-17(27-15)19-14(25)11-26-18-23-21-16(24(18)12(2)3)13-9-6-5-7-10-13/h5-7,9-10,12H,4,8,11H2,1-3H3,(H,19,22,25). The van der Waals surface area contributed by atoms with Crippen molar-refractivity contribution in [3.8, 4) is 11.4 Å². The largest absolute Gasteiger partial charge is 0.300 e. The zero-order chi connectivity index (χ0) is 19.2. The first-order chi connectivity index (χ1) is 13.1. The van der Waals surface area contributed by atoms with Gasteiger partial charge in [0.25, 0.3) is 0 Å². The van der Waals surface area contributed by atoms with E-state index in [1.807, 2.05) is 30.3 Å². The van der Waals surface area contributed by atoms with Crippen LogP contribution in [-0.2, 0) is 11.2 Å². The van der Waals surface area contributed by atoms with Crippen LogP contribution in [0, 0.1) is 0 Å². The predicted molar refractivity (Wildman–Crippen MR) is 109 cm³/mol. The summed E-state index contributed by atoms with van der Waals surface area (Å²) < 4.78 is 2.05. The first-order valence-electron chi connectivity index (χ1n) is 8.83. The van der Waals surface area contributed by atoms with Crippen LogP contribution in [-0.4, -0.2) is 36.6 Å². The Bertz CT molecular complexity index is 890. The van der Waals surface area contributed by atoms with E-state index in [2.05, 4.69) is 51.0 Å². The monoisotopic (exact) mass is 402 g/mol. The summed E-state index contributed by atoms with van der Waals surface area (Å²) in [6.45, 7) is 6.25. The van der Waals surface area contributed by atoms with Crippen LogP contribution in [0.4, 0.5) is 5.13 Å². The lowest BCUT2D eigenvalue weighted by Crippen LogP contribution is -2.15. The maximum Gasteiger partial charge on any atom is 0.236 e. The molecule has 1 amide bonds. The number of amides is 1. The van der Waals surface area contributed by atoms with Crippen molar-refractivity contribution in [2.24, 2.45) is 0 Å². The zero-order valence-corrected chi connectivity index (χ0v) is 17.2. The number of hydrogen-bond acceptors (Lipinski definition) is 7. The van der Waals surface area contributed by atoms with Crippen molar-refractivity contribution in [2.45, 2.75) is 44.8 Å². The number of hydrogen-bond donors (Lipinski definition) is 1. The number of rotatable bonds is 8. The molecule has 0 saturated heterocycles. The average molecular weight is 403 g/mol. The molecule has 3 rings (SSSR count). The van der Waals surface area contributed by atoms with E-state index >= 15 is 0 Å². The Morgan fingerprint density at radius 3 is 2.67 bits per heavy atom. The molecule has 0 bridgehead atoms. The second kappa shape index (κ2) is 9.09. The molecule has 0 aliphatic heterocycles. The molecular weight excluding hydrogens is 380 g/mol. The molecule has 0 unspecified atom stereocenters. The third-order valence-electron chi connectivity index (χ3n) is 3.72. The van der Waals surface area contributed by atoms with Crippen LogP contribution in [0.1, 0.15) is 38.2 Å². The Hall–Kier alpha value is -2.26. The van der Waals surface area contributed by atoms with Gasteiger partial charge in [0.1, 0.15) is 5.01 Å². The minimum atomic E-state index is -0.126. The van der Waals surface area contributed by atoms with Crippen LogP contribution in [0.5, 0.6) is 0 Å². The van der Waals surface area contributed by atoms with Gasteiger partial charge in [-0.2, -0.15) is 0 Å². The molecule has 0 atom stereocenters. The van der Waals surface area contributed by atoms with Crippen LogP contribution >= 0.6 is 23.1 Å². The molecule has 9 heteroatoms. The first kappa shape index (κ1) is 19.5. The number of carbonyl (C=O) groups excluding carboxylic acids is 1. The Labute approximate surface area is 166 Å². The highest BCUT2D eigenvalue weighted by Crippen LogP contribution is 2.27. The van der Waals surface area contributed by atoms with Gasteiger partial charge < -0.3 is 0 Å². The van der Waals surface area contributed by atoms with Crippen LogP contribution in [0.2, 0.25) is 0 Å². The third kappa shape index (κ3) is 4.92. The number of aryl methyl sites for hydroxylation is 1. The van der Waals surface area contributed by atoms with Gasteiger partial charge in [0, 0.05) is 18.0 Å². The summed E-state index contributed by atoms with van der Waals surface area (Å²) >= 11 is 2.79. The van der Waals surface area contributed by atoms with Crippen LogP contribution in [0.15, 0.2) is 35.5 Å². The van der Waals surface area contributed by atoms with E-state index in [1.165, 1.54) is 23.1 Å². The molecule has 0 fully saturated rings. The molecule has 0 aliphatic carbocycles. The van der Waals surface area contributed by atoms with Gasteiger partial charge in [-0.05, 0) is 20.3 Å². The molecule has 142 valence electrons. The van der Waals surface area contributed by atoms with E-state index in [0.717, 1.165) is 34.4 Å². The first-order valence-corrected chi connectivity index (χ1v) is 10.6. The van der Waals surface area contributed by atoms with E-state index in [4.69, 9.17) is 0 Å². The van der Waals surface area contributed by atoms with E-state index in [0.29, 0.717) is 5.13 Å². The smallest absolute Gasteiger partial charge is 0.236 e. The van der Waals surface area contributed by atoms with Gasteiger partial charge in [-0.15, -0.1) is 20.4 Å². The fourth-order valence-electron chi connectivity index (χ4n) is 2.53. The van der Waals surface area contributed by atoms with Gasteiger partial charge in [0.05, 0.1) is 5.75 Å². The molecule has 27 heavy (non-hydrogen) atoms. The molecule has 2 aromatic heterocycles. The summed E-state index contributed by atoms with van der Waals surface area (Å²) in [5, 5.41) is 21.7. The van der Waals surface area contributed by atoms with Gasteiger partial charge in [-0.25, -0.2) is 0 Å². The summed E-state index contributed by atoms with van der Waals surface area (Å²) in [6, 6.07) is 10.1. The number of carbonyl (C=O) groups is 1. The van der Waals surface area contributed by atoms with Crippen LogP contribution in [0.25, 0.3) is 11.4 Å². The fourth-order valence-corrected chi connectivity index (χ4v) is 4.25. The molecule has 0 saturated carbocycles. The lowest BCUT2D eigenvalue weighted by molar-refractivity contribution is -0.113. The van der Waals surface area contributed by atoms with Gasteiger partial charge in [0.15, 0.2) is 11.0 Å². The molecule has 0 spiro atoms. The quantitative estimate of drug-likeness (QED) is 0.572. The highest BCUT2D eigenvalue weighted by atomic mass is 32.2. The molecule has 3 aromatic rings. The summed E-state index contributed by atoms with van der Waals surface area (Å²) in [6.07, 6.45) is 1.88. The van der Waals surface area contributed by atoms with Gasteiger partial charge in [0.2, 0.25) is 11.0 Å². The normalized spacial score (nSPS) is 11.1. The second-order valence-electron chi connectivity index (χ2n) is 6.22. The number of anilines is 1. The lowest BCUT2D eigenvalue weighted by Gasteiger charge is -2.13. The van der Waals surface area contributed by atoms with E-state index in [-0.39, 0.29) is 17.7 Å². The molecule has 2 heterocycles. The summed E-state index contributed by atoms with van der Waals surface area (Å²) in [7, 11) is 0. The summed E-state index contributed by atoms with van der Waals surface area (Å²) in [5.74, 6) is 0.920. The third-order valence-corrected chi connectivity index (χ3v) is 5.56. The van der Waals surface area contributed by atoms with Crippen molar-refractivity contribution >= 4 is 34.1 Å². The number of benzene rings is 1. The zero-order valence-electron chi connectivity index (χ0n) is 15.5. The highest BCUT2D eigenvalue weighted by Gasteiger charge is 2.18. The maximum absolute atomic E-state index is 12.3. The van der Waals surface area contributed by atoms with Gasteiger partial charge in [-0.1, -0.05) is 60.4 Å². The SMILES string of the molecule is CCCc1nnc(NC(=O)CSc2nnc(-c3ccccc3)n2C(C)C)s1. The maximum atomic E-state index is 12.3.